The first-order chi connectivity index (χ1) is 9.26. The standard InChI is InChI=1S/C14H25Cl3O2Si/c1-4-13(11-20(15,16)17)9-7-5-6-8-10-19-14(18)12(2)3/h13H,2,4-11H2,1,3H3. The average molecular weight is 360 g/mol. The van der Waals surface area contributed by atoms with Crippen molar-refractivity contribution in [1.29, 1.82) is 0 Å². The second kappa shape index (κ2) is 10.9. The van der Waals surface area contributed by atoms with Crippen LogP contribution in [0, 0.1) is 5.92 Å². The Bertz CT molecular complexity index is 303. The first-order valence-electron chi connectivity index (χ1n) is 7.15. The van der Waals surface area contributed by atoms with Crippen molar-refractivity contribution in [2.45, 2.75) is 58.4 Å². The smallest absolute Gasteiger partial charge is 0.341 e. The number of carbonyl (C=O) groups is 1. The number of esters is 1. The van der Waals surface area contributed by atoms with E-state index >= 15 is 0 Å². The minimum atomic E-state index is -2.49. The van der Waals surface area contributed by atoms with Crippen molar-refractivity contribution >= 4 is 45.2 Å². The summed E-state index contributed by atoms with van der Waals surface area (Å²) in [6.45, 7) is 7.81. The van der Waals surface area contributed by atoms with Crippen molar-refractivity contribution in [3.05, 3.63) is 12.2 Å². The van der Waals surface area contributed by atoms with Crippen molar-refractivity contribution in [1.82, 2.24) is 0 Å². The van der Waals surface area contributed by atoms with E-state index in [-0.39, 0.29) is 5.97 Å². The highest BCUT2D eigenvalue weighted by Crippen LogP contribution is 2.32. The molecule has 0 radical (unpaired) electrons. The quantitative estimate of drug-likeness (QED) is 0.155. The first-order valence-corrected chi connectivity index (χ1v) is 12.4. The molecule has 0 heterocycles. The predicted octanol–water partition coefficient (Wildman–Crippen LogP) is 5.74. The van der Waals surface area contributed by atoms with Gasteiger partial charge in [-0.25, -0.2) is 4.79 Å². The van der Waals surface area contributed by atoms with Crippen LogP contribution in [-0.4, -0.2) is 18.6 Å². The molecular weight excluding hydrogens is 335 g/mol. The zero-order valence-corrected chi connectivity index (χ0v) is 15.7. The number of ether oxygens (including phenoxy) is 1. The molecule has 0 rings (SSSR count). The topological polar surface area (TPSA) is 26.3 Å². The van der Waals surface area contributed by atoms with Gasteiger partial charge in [0.2, 0.25) is 0 Å². The van der Waals surface area contributed by atoms with Crippen molar-refractivity contribution in [3.8, 4) is 0 Å². The lowest BCUT2D eigenvalue weighted by molar-refractivity contribution is -0.139. The second-order valence-electron chi connectivity index (χ2n) is 5.21. The van der Waals surface area contributed by atoms with Crippen LogP contribution in [0.25, 0.3) is 0 Å². The Hall–Kier alpha value is 0.297. The van der Waals surface area contributed by atoms with Gasteiger partial charge in [-0.3, -0.25) is 0 Å². The first kappa shape index (κ1) is 20.3. The van der Waals surface area contributed by atoms with Crippen molar-refractivity contribution in [2.24, 2.45) is 5.92 Å². The van der Waals surface area contributed by atoms with E-state index in [9.17, 15) is 4.79 Å². The normalized spacial score (nSPS) is 13.1. The molecule has 0 saturated carbocycles. The summed E-state index contributed by atoms with van der Waals surface area (Å²) in [7, 11) is 0. The second-order valence-corrected chi connectivity index (χ2v) is 14.4. The summed E-state index contributed by atoms with van der Waals surface area (Å²) in [4.78, 5) is 11.1. The van der Waals surface area contributed by atoms with Crippen LogP contribution >= 0.6 is 33.2 Å². The maximum absolute atomic E-state index is 11.1. The monoisotopic (exact) mass is 358 g/mol. The lowest BCUT2D eigenvalue weighted by Crippen LogP contribution is -2.15. The van der Waals surface area contributed by atoms with Crippen LogP contribution in [0.15, 0.2) is 12.2 Å². The van der Waals surface area contributed by atoms with Crippen molar-refractivity contribution in [2.75, 3.05) is 6.61 Å². The largest absolute Gasteiger partial charge is 0.462 e. The summed E-state index contributed by atoms with van der Waals surface area (Å²) in [5.74, 6) is 0.221. The van der Waals surface area contributed by atoms with E-state index in [0.29, 0.717) is 18.1 Å². The molecule has 0 amide bonds. The molecule has 6 heteroatoms. The zero-order valence-electron chi connectivity index (χ0n) is 12.4. The van der Waals surface area contributed by atoms with Gasteiger partial charge < -0.3 is 4.74 Å². The lowest BCUT2D eigenvalue weighted by atomic mass is 10.0. The Labute approximate surface area is 137 Å². The molecule has 0 fully saturated rings. The fraction of sp³-hybridized carbons (Fsp3) is 0.786. The van der Waals surface area contributed by atoms with E-state index in [1.165, 1.54) is 0 Å². The number of hydrogen-bond acceptors (Lipinski definition) is 2. The van der Waals surface area contributed by atoms with Crippen molar-refractivity contribution in [3.63, 3.8) is 0 Å². The van der Waals surface area contributed by atoms with Crippen LogP contribution in [0.4, 0.5) is 0 Å². The van der Waals surface area contributed by atoms with Crippen LogP contribution < -0.4 is 0 Å². The molecule has 0 aromatic rings. The van der Waals surface area contributed by atoms with Crippen LogP contribution in [-0.2, 0) is 9.53 Å². The van der Waals surface area contributed by atoms with Gasteiger partial charge in [0.15, 0.2) is 0 Å². The van der Waals surface area contributed by atoms with Crippen LogP contribution in [0.2, 0.25) is 6.04 Å². The Kier molecular flexibility index (Phi) is 11.1. The SMILES string of the molecule is C=C(C)C(=O)OCCCCCCC(CC)C[Si](Cl)(Cl)Cl. The number of halogens is 3. The van der Waals surface area contributed by atoms with Crippen molar-refractivity contribution < 1.29 is 9.53 Å². The average Bonchev–Trinajstić information content (AvgIpc) is 2.34. The summed E-state index contributed by atoms with van der Waals surface area (Å²) in [5, 5.41) is 0. The van der Waals surface area contributed by atoms with E-state index in [2.05, 4.69) is 13.5 Å². The molecule has 0 aromatic carbocycles. The molecule has 0 bridgehead atoms. The molecular formula is C14H25Cl3O2Si. The lowest BCUT2D eigenvalue weighted by Gasteiger charge is -2.17. The van der Waals surface area contributed by atoms with Gasteiger partial charge in [0, 0.05) is 5.57 Å². The van der Waals surface area contributed by atoms with Crippen LogP contribution in [0.3, 0.4) is 0 Å². The predicted molar refractivity (Wildman–Crippen MR) is 90.8 cm³/mol. The number of hydrogen-bond donors (Lipinski definition) is 0. The Morgan fingerprint density at radius 1 is 1.20 bits per heavy atom. The molecule has 118 valence electrons. The third-order valence-corrected chi connectivity index (χ3v) is 5.61. The van der Waals surface area contributed by atoms with Gasteiger partial charge in [-0.15, -0.1) is 33.2 Å². The summed E-state index contributed by atoms with van der Waals surface area (Å²) < 4.78 is 5.03. The number of carbonyl (C=O) groups excluding carboxylic acids is 1. The van der Waals surface area contributed by atoms with Crippen LogP contribution in [0.5, 0.6) is 0 Å². The molecule has 0 aliphatic rings. The van der Waals surface area contributed by atoms with Gasteiger partial charge in [0.05, 0.1) is 6.61 Å². The Balaban J connectivity index is 3.56. The molecule has 1 unspecified atom stereocenters. The van der Waals surface area contributed by atoms with Gasteiger partial charge in [0.25, 0.3) is 0 Å². The highest BCUT2D eigenvalue weighted by molar-refractivity contribution is 7.64. The molecule has 0 N–H and O–H groups in total. The maximum atomic E-state index is 11.1. The highest BCUT2D eigenvalue weighted by Gasteiger charge is 2.28. The minimum absolute atomic E-state index is 0.302. The summed E-state index contributed by atoms with van der Waals surface area (Å²) >= 11 is 17.9. The number of rotatable bonds is 11. The van der Waals surface area contributed by atoms with Gasteiger partial charge in [0.1, 0.15) is 0 Å². The molecule has 0 aliphatic carbocycles. The van der Waals surface area contributed by atoms with Gasteiger partial charge >= 0.3 is 12.0 Å². The van der Waals surface area contributed by atoms with Gasteiger partial charge in [-0.2, -0.15) is 0 Å². The fourth-order valence-electron chi connectivity index (χ4n) is 1.95. The third-order valence-electron chi connectivity index (χ3n) is 3.19. The summed E-state index contributed by atoms with van der Waals surface area (Å²) in [6, 6.07) is -1.74. The summed E-state index contributed by atoms with van der Waals surface area (Å²) in [5.41, 5.74) is 0.451. The molecule has 1 atom stereocenters. The van der Waals surface area contributed by atoms with E-state index in [1.54, 1.807) is 6.92 Å². The van der Waals surface area contributed by atoms with E-state index in [0.717, 1.165) is 44.6 Å². The maximum Gasteiger partial charge on any atom is 0.341 e. The highest BCUT2D eigenvalue weighted by atomic mass is 35.8. The Morgan fingerprint density at radius 3 is 2.30 bits per heavy atom. The van der Waals surface area contributed by atoms with Gasteiger partial charge in [-0.1, -0.05) is 45.6 Å². The molecule has 0 spiro atoms. The zero-order chi connectivity index (χ0) is 15.6. The fourth-order valence-corrected chi connectivity index (χ4v) is 5.07. The van der Waals surface area contributed by atoms with E-state index in [4.69, 9.17) is 38.0 Å². The van der Waals surface area contributed by atoms with E-state index in [1.807, 2.05) is 0 Å². The van der Waals surface area contributed by atoms with Gasteiger partial charge in [-0.05, 0) is 25.3 Å². The Morgan fingerprint density at radius 2 is 1.80 bits per heavy atom. The number of unbranched alkanes of at least 4 members (excludes halogenated alkanes) is 3. The third kappa shape index (κ3) is 12.1. The molecule has 0 saturated heterocycles. The molecule has 0 aliphatic heterocycles. The minimum Gasteiger partial charge on any atom is -0.462 e. The van der Waals surface area contributed by atoms with Crippen LogP contribution in [0.1, 0.15) is 52.4 Å². The molecule has 0 aromatic heterocycles. The molecule has 2 nitrogen and oxygen atoms in total. The van der Waals surface area contributed by atoms with E-state index < -0.39 is 6.00 Å². The molecule has 20 heavy (non-hydrogen) atoms. The summed E-state index contributed by atoms with van der Waals surface area (Å²) in [6.07, 6.45) is 6.41.